The summed E-state index contributed by atoms with van der Waals surface area (Å²) < 4.78 is 152. The fraction of sp³-hybridized carbons (Fsp3) is 0.484. The molecule has 4 aliphatic carbocycles. The van der Waals surface area contributed by atoms with E-state index in [-0.39, 0.29) is 99.3 Å². The van der Waals surface area contributed by atoms with E-state index < -0.39 is 99.8 Å². The second-order valence-corrected chi connectivity index (χ2v) is 24.9. The molecule has 1 aromatic heterocycles. The quantitative estimate of drug-likeness (QED) is 0.0410. The highest BCUT2D eigenvalue weighted by molar-refractivity contribution is 6.34. The number of halogens is 16. The van der Waals surface area contributed by atoms with E-state index in [0.29, 0.717) is 46.1 Å². The minimum Gasteiger partial charge on any atom is -0.388 e. The number of amides is 1. The smallest absolute Gasteiger partial charge is 0.388 e. The zero-order valence-electron chi connectivity index (χ0n) is 46.7. The largest absolute Gasteiger partial charge is 0.417 e. The van der Waals surface area contributed by atoms with Gasteiger partial charge in [-0.1, -0.05) is 137 Å². The van der Waals surface area contributed by atoms with Gasteiger partial charge in [0, 0.05) is 89.8 Å². The van der Waals surface area contributed by atoms with Crippen molar-refractivity contribution in [3.63, 3.8) is 0 Å². The zero-order chi connectivity index (χ0) is 64.0. The van der Waals surface area contributed by atoms with Crippen LogP contribution in [-0.4, -0.2) is 78.8 Å². The predicted molar refractivity (Wildman–Crippen MR) is 313 cm³/mol. The molecular formula is C62H66Cl5F11N4O5. The number of hydrogen-bond donors (Lipinski definition) is 6. The lowest BCUT2D eigenvalue weighted by molar-refractivity contribution is -0.137. The van der Waals surface area contributed by atoms with Gasteiger partial charge in [-0.15, -0.1) is 6.58 Å². The molecule has 9 nitrogen and oxygen atoms in total. The summed E-state index contributed by atoms with van der Waals surface area (Å²) >= 11 is 30.3. The van der Waals surface area contributed by atoms with E-state index in [9.17, 15) is 68.4 Å². The van der Waals surface area contributed by atoms with Crippen LogP contribution >= 0.6 is 58.0 Å². The first kappa shape index (κ1) is 70.1. The first-order valence-corrected chi connectivity index (χ1v) is 29.9. The third-order valence-electron chi connectivity index (χ3n) is 16.8. The summed E-state index contributed by atoms with van der Waals surface area (Å²) in [6.07, 6.45) is -4.92. The topological polar surface area (TPSA) is 153 Å². The van der Waals surface area contributed by atoms with Crippen molar-refractivity contribution in [2.24, 2.45) is 5.73 Å². The Bertz CT molecular complexity index is 3140. The summed E-state index contributed by atoms with van der Waals surface area (Å²) in [4.78, 5) is 16.5. The average molecular weight is 1330 g/mol. The van der Waals surface area contributed by atoms with Crippen LogP contribution in [0.3, 0.4) is 0 Å². The van der Waals surface area contributed by atoms with E-state index in [4.69, 9.17) is 68.5 Å². The lowest BCUT2D eigenvalue weighted by Gasteiger charge is -2.42. The van der Waals surface area contributed by atoms with Crippen molar-refractivity contribution in [2.45, 2.75) is 179 Å². The Kier molecular flexibility index (Phi) is 22.6. The number of carbonyl (C=O) groups excluding carboxylic acids is 1. The molecule has 4 saturated carbocycles. The van der Waals surface area contributed by atoms with Crippen molar-refractivity contribution in [2.75, 3.05) is 6.54 Å². The second kappa shape index (κ2) is 28.0. The van der Waals surface area contributed by atoms with E-state index in [2.05, 4.69) is 22.2 Å². The van der Waals surface area contributed by atoms with Crippen molar-refractivity contribution in [1.82, 2.24) is 15.6 Å². The minimum atomic E-state index is -4.82. The van der Waals surface area contributed by atoms with Crippen LogP contribution in [0.25, 0.3) is 0 Å². The van der Waals surface area contributed by atoms with E-state index in [1.807, 2.05) is 36.4 Å². The Labute approximate surface area is 522 Å². The Morgan fingerprint density at radius 3 is 1.38 bits per heavy atom. The zero-order valence-corrected chi connectivity index (χ0v) is 50.5. The molecule has 476 valence electrons. The highest BCUT2D eigenvalue weighted by Crippen LogP contribution is 2.61. The number of nitrogens with one attached hydrogen (secondary N) is 2. The Morgan fingerprint density at radius 1 is 0.575 bits per heavy atom. The average Bonchev–Trinajstić information content (AvgIpc) is 1.61. The molecule has 5 fully saturated rings. The van der Waals surface area contributed by atoms with Gasteiger partial charge in [0.2, 0.25) is 23.7 Å². The summed E-state index contributed by atoms with van der Waals surface area (Å²) in [5.74, 6) is -12.0. The Balaban J connectivity index is 0.000000171. The van der Waals surface area contributed by atoms with Crippen molar-refractivity contribution < 1.29 is 73.1 Å². The van der Waals surface area contributed by atoms with Crippen LogP contribution < -0.4 is 16.4 Å². The lowest BCUT2D eigenvalue weighted by Crippen LogP contribution is -2.50. The second-order valence-electron chi connectivity index (χ2n) is 22.9. The molecule has 4 atom stereocenters. The number of ether oxygens (including phenoxy) is 1. The molecule has 7 N–H and O–H groups in total. The monoisotopic (exact) mass is 1330 g/mol. The molecule has 25 heteroatoms. The molecular weight excluding hydrogens is 1270 g/mol. The summed E-state index contributed by atoms with van der Waals surface area (Å²) in [5.41, 5.74) is 1.84. The van der Waals surface area contributed by atoms with Crippen LogP contribution in [0.5, 0.6) is 0 Å². The van der Waals surface area contributed by atoms with E-state index in [1.165, 1.54) is 12.1 Å². The third-order valence-corrected chi connectivity index (χ3v) is 18.6. The summed E-state index contributed by atoms with van der Waals surface area (Å²) in [7, 11) is 0. The van der Waals surface area contributed by atoms with E-state index in [0.717, 1.165) is 17.3 Å². The highest BCUT2D eigenvalue weighted by atomic mass is 35.5. The molecule has 10 rings (SSSR count). The maximum Gasteiger partial charge on any atom is 0.417 e. The third kappa shape index (κ3) is 17.8. The van der Waals surface area contributed by atoms with Crippen LogP contribution in [0, 0.1) is 0 Å². The number of rotatable bonds is 12. The van der Waals surface area contributed by atoms with E-state index >= 15 is 0 Å². The molecule has 5 aliphatic rings. The molecule has 2 heterocycles. The first-order valence-electron chi connectivity index (χ1n) is 28.0. The first-order chi connectivity index (χ1) is 40.6. The highest BCUT2D eigenvalue weighted by Gasteiger charge is 2.61. The number of pyridine rings is 1. The number of alkyl halides is 11. The van der Waals surface area contributed by atoms with Gasteiger partial charge in [0.05, 0.1) is 51.1 Å². The number of aliphatic hydroxyl groups is 3. The Morgan fingerprint density at radius 2 is 0.954 bits per heavy atom. The van der Waals surface area contributed by atoms with Crippen LogP contribution in [0.1, 0.15) is 165 Å². The molecule has 1 aliphatic heterocycles. The number of epoxide rings is 1. The van der Waals surface area contributed by atoms with Crippen LogP contribution in [0.4, 0.5) is 48.3 Å². The molecule has 0 radical (unpaired) electrons. The molecule has 87 heavy (non-hydrogen) atoms. The normalized spacial score (nSPS) is 22.6. The van der Waals surface area contributed by atoms with Crippen molar-refractivity contribution in [1.29, 1.82) is 0 Å². The van der Waals surface area contributed by atoms with Gasteiger partial charge in [0.25, 0.3) is 5.91 Å². The molecule has 1 spiro atoms. The molecule has 1 saturated heterocycles. The van der Waals surface area contributed by atoms with Gasteiger partial charge in [-0.25, -0.2) is 40.1 Å². The van der Waals surface area contributed by atoms with Crippen LogP contribution in [0.15, 0.2) is 122 Å². The minimum absolute atomic E-state index is 0.00755. The summed E-state index contributed by atoms with van der Waals surface area (Å²) in [5, 5.41) is 38.9. The number of aromatic nitrogens is 1. The number of nitrogens with zero attached hydrogens (tertiary/aromatic N) is 1. The number of carbonyl (C=O) groups is 1. The number of nitrogens with two attached hydrogens (primary N) is 1. The van der Waals surface area contributed by atoms with Gasteiger partial charge >= 0.3 is 6.18 Å². The van der Waals surface area contributed by atoms with Crippen LogP contribution in [-0.2, 0) is 10.9 Å². The maximum absolute atomic E-state index is 13.7. The molecule has 1 amide bonds. The van der Waals surface area contributed by atoms with Gasteiger partial charge in [0.1, 0.15) is 11.8 Å². The van der Waals surface area contributed by atoms with Crippen LogP contribution in [0.2, 0.25) is 25.1 Å². The van der Waals surface area contributed by atoms with Gasteiger partial charge in [0.15, 0.2) is 0 Å². The van der Waals surface area contributed by atoms with Gasteiger partial charge in [-0.05, 0) is 98.4 Å². The molecule has 5 aromatic rings. The number of hydrogen-bond acceptors (Lipinski definition) is 8. The summed E-state index contributed by atoms with van der Waals surface area (Å²) in [6, 6.07) is 25.8. The summed E-state index contributed by atoms with van der Waals surface area (Å²) in [6.45, 7) is 4.11. The molecule has 4 unspecified atom stereocenters. The van der Waals surface area contributed by atoms with Gasteiger partial charge in [-0.2, -0.15) is 13.2 Å². The molecule has 0 bridgehead atoms. The maximum atomic E-state index is 13.7. The Hall–Kier alpha value is -4.32. The number of benzene rings is 4. The van der Waals surface area contributed by atoms with Crippen molar-refractivity contribution >= 4 is 63.9 Å². The lowest BCUT2D eigenvalue weighted by atomic mass is 9.75. The van der Waals surface area contributed by atoms with E-state index in [1.54, 1.807) is 54.6 Å². The van der Waals surface area contributed by atoms with Crippen molar-refractivity contribution in [3.05, 3.63) is 181 Å². The standard InChI is InChI=1S/C20H17Cl2F5N2O2.C16H20ClF2NO.C13H16ClF2NO.C13H13ClF2O/c21-13-4-2-1-3-11(13)16(18(31)6-8-19(23,24)9-7-18)29-17(30)15-14(22)12(5-10-28-15)20(25,26)27;1-2-11-20-14(12-5-3-4-6-13(12)17)15(21)7-9-16(18,19)10-8-15;14-10-4-2-1-3-9(10)11(17)12(18)5-7-13(15,16)8-6-12;14-10-4-2-1-3-9(10)11-12(17-11)5-7-13(15,16)8-6-12/h1-5,10,16,31H,6-9H2,(H,29,30);2-6,14,20-21H,1,7-11H2;1-4,11,18H,5-8,17H2;1-4,11H,5-8H2. The SMILES string of the molecule is C=CCNC(c1ccccc1Cl)C1(O)CCC(F)(F)CC1.FC1(F)CCC2(CC1)OC2c1ccccc1Cl.NC(c1ccccc1Cl)C1(O)CCC(F)(F)CC1.O=C(NC(c1ccccc1Cl)C1(O)CCC(F)(F)CC1)c1nccc(C(F)(F)F)c1Cl. The van der Waals surface area contributed by atoms with Gasteiger partial charge in [-0.3, -0.25) is 4.79 Å². The fourth-order valence-corrected chi connectivity index (χ4v) is 12.7. The fourth-order valence-electron chi connectivity index (χ4n) is 11.4. The molecule has 4 aromatic carbocycles. The van der Waals surface area contributed by atoms with Gasteiger partial charge < -0.3 is 36.4 Å². The predicted octanol–water partition coefficient (Wildman–Crippen LogP) is 17.6. The van der Waals surface area contributed by atoms with Crippen molar-refractivity contribution in [3.8, 4) is 0 Å².